The normalized spacial score (nSPS) is 10.6. The van der Waals surface area contributed by atoms with E-state index < -0.39 is 0 Å². The van der Waals surface area contributed by atoms with E-state index in [9.17, 15) is 0 Å². The van der Waals surface area contributed by atoms with Crippen LogP contribution in [0.1, 0.15) is 18.2 Å². The minimum Gasteiger partial charge on any atom is -0.356 e. The van der Waals surface area contributed by atoms with Crippen LogP contribution < -0.4 is 0 Å². The Kier molecular flexibility index (Phi) is 2.91. The fourth-order valence-corrected chi connectivity index (χ4v) is 1.90. The van der Waals surface area contributed by atoms with Crippen molar-refractivity contribution in [1.29, 1.82) is 0 Å². The van der Waals surface area contributed by atoms with Crippen LogP contribution in [-0.4, -0.2) is 5.16 Å². The summed E-state index contributed by atoms with van der Waals surface area (Å²) in [5.74, 6) is 0.891. The minimum absolute atomic E-state index is 0.891. The molecule has 0 amide bonds. The Balaban J connectivity index is 2.49. The van der Waals surface area contributed by atoms with E-state index in [1.807, 2.05) is 31.2 Å². The first-order chi connectivity index (χ1) is 7.22. The Hall–Kier alpha value is -1.09. The summed E-state index contributed by atoms with van der Waals surface area (Å²) in [5.41, 5.74) is 3.25. The van der Waals surface area contributed by atoms with Crippen molar-refractivity contribution in [2.45, 2.75) is 20.3 Å². The van der Waals surface area contributed by atoms with E-state index in [0.717, 1.165) is 27.9 Å². The number of rotatable bonds is 2. The Morgan fingerprint density at radius 1 is 1.27 bits per heavy atom. The highest BCUT2D eigenvalue weighted by molar-refractivity contribution is 9.10. The monoisotopic (exact) mass is 265 g/mol. The number of hydrogen-bond acceptors (Lipinski definition) is 2. The first kappa shape index (κ1) is 10.4. The summed E-state index contributed by atoms with van der Waals surface area (Å²) in [4.78, 5) is 0. The number of aryl methyl sites for hydroxylation is 1. The fourth-order valence-electron chi connectivity index (χ4n) is 1.63. The van der Waals surface area contributed by atoms with Gasteiger partial charge in [0.15, 0.2) is 5.76 Å². The first-order valence-electron chi connectivity index (χ1n) is 4.93. The molecule has 0 aliphatic rings. The van der Waals surface area contributed by atoms with Gasteiger partial charge < -0.3 is 4.52 Å². The van der Waals surface area contributed by atoms with Crippen LogP contribution >= 0.6 is 15.9 Å². The summed E-state index contributed by atoms with van der Waals surface area (Å²) in [5, 5.41) is 4.00. The van der Waals surface area contributed by atoms with Crippen molar-refractivity contribution in [2.24, 2.45) is 0 Å². The Morgan fingerprint density at radius 3 is 2.53 bits per heavy atom. The van der Waals surface area contributed by atoms with E-state index in [1.54, 1.807) is 0 Å². The van der Waals surface area contributed by atoms with E-state index in [1.165, 1.54) is 5.56 Å². The topological polar surface area (TPSA) is 26.0 Å². The van der Waals surface area contributed by atoms with Gasteiger partial charge in [0.05, 0.1) is 5.69 Å². The van der Waals surface area contributed by atoms with E-state index >= 15 is 0 Å². The number of nitrogens with zero attached hydrogens (tertiary/aromatic N) is 1. The maximum Gasteiger partial charge on any atom is 0.170 e. The Bertz CT molecular complexity index is 459. The third-order valence-electron chi connectivity index (χ3n) is 2.44. The summed E-state index contributed by atoms with van der Waals surface area (Å²) in [7, 11) is 0. The molecule has 0 spiro atoms. The van der Waals surface area contributed by atoms with Gasteiger partial charge >= 0.3 is 0 Å². The highest BCUT2D eigenvalue weighted by Gasteiger charge is 2.12. The van der Waals surface area contributed by atoms with Crippen molar-refractivity contribution >= 4 is 15.9 Å². The lowest BCUT2D eigenvalue weighted by molar-refractivity contribution is 0.426. The molecule has 2 aromatic rings. The summed E-state index contributed by atoms with van der Waals surface area (Å²) >= 11 is 3.41. The second-order valence-corrected chi connectivity index (χ2v) is 4.35. The molecule has 0 fully saturated rings. The number of benzene rings is 1. The summed E-state index contributed by atoms with van der Waals surface area (Å²) in [6.07, 6.45) is 0.945. The average Bonchev–Trinajstić information content (AvgIpc) is 2.61. The van der Waals surface area contributed by atoms with Crippen molar-refractivity contribution in [2.75, 3.05) is 0 Å². The van der Waals surface area contributed by atoms with Crippen molar-refractivity contribution in [3.63, 3.8) is 0 Å². The number of hydrogen-bond donors (Lipinski definition) is 0. The standard InChI is InChI=1S/C12H12BrNO/c1-3-11-8(2)14-15-12(11)9-4-6-10(13)7-5-9/h4-7H,3H2,1-2H3. The molecule has 0 N–H and O–H groups in total. The molecule has 0 atom stereocenters. The van der Waals surface area contributed by atoms with Gasteiger partial charge in [-0.1, -0.05) is 40.1 Å². The van der Waals surface area contributed by atoms with Crippen molar-refractivity contribution in [1.82, 2.24) is 5.16 Å². The lowest BCUT2D eigenvalue weighted by Gasteiger charge is -1.99. The quantitative estimate of drug-likeness (QED) is 0.821. The van der Waals surface area contributed by atoms with Gasteiger partial charge in [-0.2, -0.15) is 0 Å². The molecule has 1 aromatic carbocycles. The lowest BCUT2D eigenvalue weighted by atomic mass is 10.1. The van der Waals surface area contributed by atoms with Gasteiger partial charge in [0.2, 0.25) is 0 Å². The zero-order chi connectivity index (χ0) is 10.8. The highest BCUT2D eigenvalue weighted by atomic mass is 79.9. The lowest BCUT2D eigenvalue weighted by Crippen LogP contribution is -1.84. The molecule has 1 heterocycles. The van der Waals surface area contributed by atoms with Crippen molar-refractivity contribution in [3.8, 4) is 11.3 Å². The smallest absolute Gasteiger partial charge is 0.170 e. The van der Waals surface area contributed by atoms with Gasteiger partial charge in [-0.05, 0) is 25.5 Å². The van der Waals surface area contributed by atoms with Crippen LogP contribution in [0.25, 0.3) is 11.3 Å². The van der Waals surface area contributed by atoms with Gasteiger partial charge in [-0.15, -0.1) is 0 Å². The Morgan fingerprint density at radius 2 is 1.93 bits per heavy atom. The predicted octanol–water partition coefficient (Wildman–Crippen LogP) is 3.97. The molecular formula is C12H12BrNO. The largest absolute Gasteiger partial charge is 0.356 e. The van der Waals surface area contributed by atoms with Crippen LogP contribution in [0.4, 0.5) is 0 Å². The van der Waals surface area contributed by atoms with Gasteiger partial charge in [0, 0.05) is 15.6 Å². The van der Waals surface area contributed by atoms with E-state index in [4.69, 9.17) is 4.52 Å². The van der Waals surface area contributed by atoms with Crippen LogP contribution in [0.2, 0.25) is 0 Å². The van der Waals surface area contributed by atoms with E-state index in [2.05, 4.69) is 28.0 Å². The zero-order valence-electron chi connectivity index (χ0n) is 8.75. The second-order valence-electron chi connectivity index (χ2n) is 3.44. The molecule has 0 saturated heterocycles. The number of aromatic nitrogens is 1. The van der Waals surface area contributed by atoms with E-state index in [0.29, 0.717) is 0 Å². The zero-order valence-corrected chi connectivity index (χ0v) is 10.3. The minimum atomic E-state index is 0.891. The van der Waals surface area contributed by atoms with Crippen molar-refractivity contribution < 1.29 is 4.52 Å². The SMILES string of the molecule is CCc1c(C)noc1-c1ccc(Br)cc1. The molecular weight excluding hydrogens is 254 g/mol. The number of halogens is 1. The third kappa shape index (κ3) is 1.97. The van der Waals surface area contributed by atoms with Gasteiger partial charge in [0.1, 0.15) is 0 Å². The maximum absolute atomic E-state index is 5.35. The molecule has 0 unspecified atom stereocenters. The summed E-state index contributed by atoms with van der Waals surface area (Å²) in [6.45, 7) is 4.09. The maximum atomic E-state index is 5.35. The third-order valence-corrected chi connectivity index (χ3v) is 2.97. The summed E-state index contributed by atoms with van der Waals surface area (Å²) in [6, 6.07) is 8.08. The fraction of sp³-hybridized carbons (Fsp3) is 0.250. The molecule has 0 radical (unpaired) electrons. The first-order valence-corrected chi connectivity index (χ1v) is 5.72. The second kappa shape index (κ2) is 4.19. The molecule has 78 valence electrons. The molecule has 0 aliphatic carbocycles. The molecule has 0 bridgehead atoms. The molecule has 2 rings (SSSR count). The molecule has 3 heteroatoms. The molecule has 0 saturated carbocycles. The van der Waals surface area contributed by atoms with Gasteiger partial charge in [-0.3, -0.25) is 0 Å². The average molecular weight is 266 g/mol. The highest BCUT2D eigenvalue weighted by Crippen LogP contribution is 2.27. The van der Waals surface area contributed by atoms with Crippen molar-refractivity contribution in [3.05, 3.63) is 40.0 Å². The van der Waals surface area contributed by atoms with Crippen LogP contribution in [0, 0.1) is 6.92 Å². The predicted molar refractivity (Wildman–Crippen MR) is 63.8 cm³/mol. The van der Waals surface area contributed by atoms with Gasteiger partial charge in [0.25, 0.3) is 0 Å². The van der Waals surface area contributed by atoms with E-state index in [-0.39, 0.29) is 0 Å². The van der Waals surface area contributed by atoms with Crippen LogP contribution in [0.3, 0.4) is 0 Å². The molecule has 0 aliphatic heterocycles. The summed E-state index contributed by atoms with van der Waals surface area (Å²) < 4.78 is 6.42. The van der Waals surface area contributed by atoms with Crippen LogP contribution in [-0.2, 0) is 6.42 Å². The Labute approximate surface area is 97.4 Å². The van der Waals surface area contributed by atoms with Crippen LogP contribution in [0.15, 0.2) is 33.3 Å². The molecule has 1 aromatic heterocycles. The van der Waals surface area contributed by atoms with Gasteiger partial charge in [-0.25, -0.2) is 0 Å². The molecule has 15 heavy (non-hydrogen) atoms. The van der Waals surface area contributed by atoms with Crippen LogP contribution in [0.5, 0.6) is 0 Å². The molecule has 2 nitrogen and oxygen atoms in total.